The van der Waals surface area contributed by atoms with Gasteiger partial charge in [0.1, 0.15) is 22.1 Å². The topological polar surface area (TPSA) is 71.1 Å². The smallest absolute Gasteiger partial charge is 0.355 e. The van der Waals surface area contributed by atoms with Crippen molar-refractivity contribution in [2.24, 2.45) is 0 Å². The maximum Gasteiger partial charge on any atom is 0.355 e. The minimum atomic E-state index is -0.682. The second-order valence-electron chi connectivity index (χ2n) is 12.9. The van der Waals surface area contributed by atoms with Crippen LogP contribution in [0.2, 0.25) is 5.02 Å². The van der Waals surface area contributed by atoms with E-state index >= 15 is 0 Å². The summed E-state index contributed by atoms with van der Waals surface area (Å²) in [5, 5.41) is 0.887. The van der Waals surface area contributed by atoms with Gasteiger partial charge in [-0.3, -0.25) is 0 Å². The lowest BCUT2D eigenvalue weighted by Gasteiger charge is -2.12. The van der Waals surface area contributed by atoms with Gasteiger partial charge in [0.2, 0.25) is 0 Å². The third-order valence-corrected chi connectivity index (χ3v) is 10.4. The molecular weight excluding hydrogens is 668 g/mol. The third kappa shape index (κ3) is 12.7. The molecule has 4 aromatic rings. The number of thiophene rings is 1. The fourth-order valence-corrected chi connectivity index (χ4v) is 7.05. The summed E-state index contributed by atoms with van der Waals surface area (Å²) >= 11 is 7.89. The molecule has 0 aliphatic heterocycles. The molecule has 0 saturated heterocycles. The molecular formula is C42H53ClO6S. The van der Waals surface area contributed by atoms with Gasteiger partial charge in [0.05, 0.1) is 11.6 Å². The average molecular weight is 721 g/mol. The summed E-state index contributed by atoms with van der Waals surface area (Å²) in [5.41, 5.74) is 2.05. The monoisotopic (exact) mass is 720 g/mol. The van der Waals surface area contributed by atoms with Crippen molar-refractivity contribution in [3.63, 3.8) is 0 Å². The summed E-state index contributed by atoms with van der Waals surface area (Å²) in [6.45, 7) is 7.42. The quantitative estimate of drug-likeness (QED) is 0.0431. The standard InChI is InChI=1S/C42H53ClO6S/c1-4-6-8-10-12-13-15-16-28-46-31(3)41(44)49-36-26-27-38-37(30-36)39(43)40(50-38)42(45)48-35-24-20-33(21-25-35)32-18-22-34(23-19-32)47-29-17-14-11-9-7-5-2/h18-27,30-31H,4-17,28-29H2,1-3H3/t31-/m0/s1. The molecule has 0 unspecified atom stereocenters. The molecule has 0 amide bonds. The lowest BCUT2D eigenvalue weighted by atomic mass is 10.1. The maximum absolute atomic E-state index is 13.1. The summed E-state index contributed by atoms with van der Waals surface area (Å²) in [6.07, 6.45) is 16.4. The number of carbonyl (C=O) groups excluding carboxylic acids is 2. The van der Waals surface area contributed by atoms with Crippen LogP contribution in [0.15, 0.2) is 66.7 Å². The van der Waals surface area contributed by atoms with E-state index in [9.17, 15) is 9.59 Å². The normalized spacial score (nSPS) is 11.8. The van der Waals surface area contributed by atoms with Crippen LogP contribution in [0.3, 0.4) is 0 Å². The lowest BCUT2D eigenvalue weighted by Crippen LogP contribution is -2.26. The Balaban J connectivity index is 1.23. The Bertz CT molecular complexity index is 1600. The third-order valence-electron chi connectivity index (χ3n) is 8.72. The van der Waals surface area contributed by atoms with Crippen LogP contribution in [0.4, 0.5) is 0 Å². The van der Waals surface area contributed by atoms with E-state index in [4.69, 9.17) is 30.5 Å². The summed E-state index contributed by atoms with van der Waals surface area (Å²) < 4.78 is 23.7. The van der Waals surface area contributed by atoms with Crippen molar-refractivity contribution in [1.29, 1.82) is 0 Å². The first-order valence-electron chi connectivity index (χ1n) is 18.5. The second kappa shape index (κ2) is 21.7. The number of hydrogen-bond acceptors (Lipinski definition) is 7. The summed E-state index contributed by atoms with van der Waals surface area (Å²) in [6, 6.07) is 20.6. The van der Waals surface area contributed by atoms with Gasteiger partial charge >= 0.3 is 11.9 Å². The first-order valence-corrected chi connectivity index (χ1v) is 19.7. The molecule has 1 heterocycles. The molecule has 0 radical (unpaired) electrons. The fraction of sp³-hybridized carbons (Fsp3) is 0.476. The van der Waals surface area contributed by atoms with Crippen molar-refractivity contribution < 1.29 is 28.5 Å². The number of ether oxygens (including phenoxy) is 4. The number of halogens is 1. The van der Waals surface area contributed by atoms with Gasteiger partial charge in [0.15, 0.2) is 6.10 Å². The van der Waals surface area contributed by atoms with E-state index in [2.05, 4.69) is 13.8 Å². The molecule has 0 bridgehead atoms. The van der Waals surface area contributed by atoms with Crippen molar-refractivity contribution in [3.05, 3.63) is 76.6 Å². The summed E-state index contributed by atoms with van der Waals surface area (Å²) in [5.74, 6) is 0.620. The molecule has 3 aromatic carbocycles. The van der Waals surface area contributed by atoms with Crippen LogP contribution in [0.25, 0.3) is 21.2 Å². The molecule has 8 heteroatoms. The highest BCUT2D eigenvalue weighted by Crippen LogP contribution is 2.38. The van der Waals surface area contributed by atoms with Gasteiger partial charge in [0.25, 0.3) is 0 Å². The van der Waals surface area contributed by atoms with Crippen LogP contribution in [0.1, 0.15) is 120 Å². The number of fused-ring (bicyclic) bond motifs is 1. The van der Waals surface area contributed by atoms with E-state index in [1.54, 1.807) is 37.3 Å². The summed E-state index contributed by atoms with van der Waals surface area (Å²) in [4.78, 5) is 26.1. The second-order valence-corrected chi connectivity index (χ2v) is 14.3. The van der Waals surface area contributed by atoms with E-state index in [1.807, 2.05) is 36.4 Å². The highest BCUT2D eigenvalue weighted by atomic mass is 35.5. The maximum atomic E-state index is 13.1. The minimum absolute atomic E-state index is 0.266. The number of carbonyl (C=O) groups is 2. The number of rotatable bonds is 23. The van der Waals surface area contributed by atoms with Gasteiger partial charge in [-0.25, -0.2) is 9.59 Å². The summed E-state index contributed by atoms with van der Waals surface area (Å²) in [7, 11) is 0. The fourth-order valence-electron chi connectivity index (χ4n) is 5.69. The van der Waals surface area contributed by atoms with Gasteiger partial charge < -0.3 is 18.9 Å². The zero-order chi connectivity index (χ0) is 35.6. The Kier molecular flexibility index (Phi) is 17.1. The molecule has 0 fully saturated rings. The number of hydrogen-bond donors (Lipinski definition) is 0. The predicted molar refractivity (Wildman–Crippen MR) is 206 cm³/mol. The van der Waals surface area contributed by atoms with Crippen LogP contribution in [-0.4, -0.2) is 31.3 Å². The molecule has 0 N–H and O–H groups in total. The van der Waals surface area contributed by atoms with Crippen molar-refractivity contribution in [3.8, 4) is 28.4 Å². The largest absolute Gasteiger partial charge is 0.494 e. The first kappa shape index (κ1) is 39.4. The van der Waals surface area contributed by atoms with Crippen LogP contribution in [0.5, 0.6) is 17.2 Å². The zero-order valence-corrected chi connectivity index (χ0v) is 31.6. The van der Waals surface area contributed by atoms with Crippen molar-refractivity contribution >= 4 is 45.0 Å². The SMILES string of the molecule is CCCCCCCCCCO[C@@H](C)C(=O)Oc1ccc2sc(C(=O)Oc3ccc(-c4ccc(OCCCCCCCC)cc4)cc3)c(Cl)c2c1. The van der Waals surface area contributed by atoms with Gasteiger partial charge in [-0.15, -0.1) is 11.3 Å². The van der Waals surface area contributed by atoms with E-state index in [0.29, 0.717) is 23.5 Å². The first-order chi connectivity index (χ1) is 24.4. The van der Waals surface area contributed by atoms with E-state index in [0.717, 1.165) is 47.4 Å². The molecule has 0 spiro atoms. The van der Waals surface area contributed by atoms with Gasteiger partial charge in [0, 0.05) is 16.7 Å². The Labute approximate surface area is 307 Å². The van der Waals surface area contributed by atoms with Crippen LogP contribution >= 0.6 is 22.9 Å². The molecule has 0 aliphatic rings. The van der Waals surface area contributed by atoms with Gasteiger partial charge in [-0.1, -0.05) is 127 Å². The van der Waals surface area contributed by atoms with Crippen LogP contribution in [0, 0.1) is 0 Å². The number of benzene rings is 3. The molecule has 6 nitrogen and oxygen atoms in total. The molecule has 270 valence electrons. The Hall–Kier alpha value is -3.39. The van der Waals surface area contributed by atoms with Crippen molar-refractivity contribution in [2.75, 3.05) is 13.2 Å². The Morgan fingerprint density at radius 1 is 0.640 bits per heavy atom. The van der Waals surface area contributed by atoms with Gasteiger partial charge in [-0.05, 0) is 73.4 Å². The highest BCUT2D eigenvalue weighted by Gasteiger charge is 2.21. The molecule has 4 rings (SSSR count). The van der Waals surface area contributed by atoms with E-state index in [-0.39, 0.29) is 9.90 Å². The minimum Gasteiger partial charge on any atom is -0.494 e. The molecule has 0 aliphatic carbocycles. The van der Waals surface area contributed by atoms with Crippen LogP contribution < -0.4 is 14.2 Å². The highest BCUT2D eigenvalue weighted by molar-refractivity contribution is 7.21. The van der Waals surface area contributed by atoms with E-state index < -0.39 is 18.0 Å². The van der Waals surface area contributed by atoms with E-state index in [1.165, 1.54) is 82.0 Å². The number of unbranched alkanes of at least 4 members (excludes halogenated alkanes) is 12. The number of esters is 2. The van der Waals surface area contributed by atoms with Crippen LogP contribution in [-0.2, 0) is 9.53 Å². The molecule has 1 aromatic heterocycles. The molecule has 0 saturated carbocycles. The predicted octanol–water partition coefficient (Wildman–Crippen LogP) is 12.6. The Morgan fingerprint density at radius 2 is 1.16 bits per heavy atom. The zero-order valence-electron chi connectivity index (χ0n) is 30.0. The van der Waals surface area contributed by atoms with Crippen molar-refractivity contribution in [2.45, 2.75) is 117 Å². The average Bonchev–Trinajstić information content (AvgIpc) is 3.46. The molecule has 50 heavy (non-hydrogen) atoms. The lowest BCUT2D eigenvalue weighted by molar-refractivity contribution is -0.146. The van der Waals surface area contributed by atoms with Gasteiger partial charge in [-0.2, -0.15) is 0 Å². The Morgan fingerprint density at radius 3 is 1.76 bits per heavy atom. The molecule has 1 atom stereocenters. The van der Waals surface area contributed by atoms with Crippen molar-refractivity contribution in [1.82, 2.24) is 0 Å².